The fourth-order valence-electron chi connectivity index (χ4n) is 3.26. The van der Waals surface area contributed by atoms with Crippen molar-refractivity contribution < 1.29 is 37.4 Å². The number of rotatable bonds is 15. The van der Waals surface area contributed by atoms with Crippen LogP contribution < -0.4 is 10.1 Å². The van der Waals surface area contributed by atoms with E-state index < -0.39 is 23.6 Å². The minimum Gasteiger partial charge on any atom is -0.463 e. The van der Waals surface area contributed by atoms with Crippen LogP contribution in [0.2, 0.25) is 0 Å². The number of hydrogen-bond donors (Lipinski definition) is 1. The van der Waals surface area contributed by atoms with Gasteiger partial charge < -0.3 is 19.5 Å². The molecule has 7 nitrogen and oxygen atoms in total. The third kappa shape index (κ3) is 12.2. The fraction of sp³-hybridized carbons (Fsp3) is 0.625. The number of esters is 2. The number of unbranched alkanes of at least 4 members (excludes halogenated alkanes) is 3. The van der Waals surface area contributed by atoms with Crippen molar-refractivity contribution in [2.24, 2.45) is 0 Å². The minimum atomic E-state index is -3.23. The summed E-state index contributed by atoms with van der Waals surface area (Å²) in [6, 6.07) is 6.23. The Hall–Kier alpha value is -2.71. The molecule has 9 heteroatoms. The normalized spacial score (nSPS) is 11.6. The average molecular weight is 472 g/mol. The van der Waals surface area contributed by atoms with Gasteiger partial charge in [-0.15, -0.1) is 0 Å². The molecule has 0 unspecified atom stereocenters. The summed E-state index contributed by atoms with van der Waals surface area (Å²) < 4.78 is 43.1. The zero-order valence-corrected chi connectivity index (χ0v) is 19.9. The highest BCUT2D eigenvalue weighted by atomic mass is 19.3. The second-order valence-corrected chi connectivity index (χ2v) is 8.22. The Kier molecular flexibility index (Phi) is 11.8. The second kappa shape index (κ2) is 13.7. The summed E-state index contributed by atoms with van der Waals surface area (Å²) in [4.78, 5) is 34.4. The molecule has 186 valence electrons. The van der Waals surface area contributed by atoms with Gasteiger partial charge >= 0.3 is 18.0 Å². The zero-order chi connectivity index (χ0) is 24.9. The number of hydrogen-bond acceptors (Lipinski definition) is 6. The molecule has 0 heterocycles. The largest absolute Gasteiger partial charge is 0.463 e. The average Bonchev–Trinajstić information content (AvgIpc) is 2.72. The van der Waals surface area contributed by atoms with Crippen LogP contribution in [0.1, 0.15) is 71.8 Å². The summed E-state index contributed by atoms with van der Waals surface area (Å²) >= 11 is 0. The Bertz CT molecular complexity index is 749. The summed E-state index contributed by atoms with van der Waals surface area (Å²) in [5.74, 6) is -1.39. The Balaban J connectivity index is 2.82. The standard InChI is InChI=1S/C24H35F2NO6/c1-5-6-7-8-14-24(25,26)33-22-11-9-21(10-12-22)13-15-23(27-18(2)28,16-31-19(3)29)17-32-20(4)30/h9-12H,5-8,13-17H2,1-4H3,(H,27,28). The van der Waals surface area contributed by atoms with Gasteiger partial charge in [-0.25, -0.2) is 0 Å². The number of aryl methyl sites for hydroxylation is 1. The van der Waals surface area contributed by atoms with Crippen molar-refractivity contribution >= 4 is 17.8 Å². The third-order valence-electron chi connectivity index (χ3n) is 4.95. The Morgan fingerprint density at radius 2 is 1.45 bits per heavy atom. The number of carbonyl (C=O) groups excluding carboxylic acids is 3. The molecule has 0 saturated heterocycles. The summed E-state index contributed by atoms with van der Waals surface area (Å²) in [5.41, 5.74) is -0.335. The lowest BCUT2D eigenvalue weighted by Gasteiger charge is -2.33. The molecule has 1 amide bonds. The second-order valence-electron chi connectivity index (χ2n) is 8.22. The molecule has 1 aromatic carbocycles. The van der Waals surface area contributed by atoms with E-state index in [1.165, 1.54) is 32.9 Å². The first-order valence-electron chi connectivity index (χ1n) is 11.2. The maximum Gasteiger partial charge on any atom is 0.397 e. The minimum absolute atomic E-state index is 0.0622. The predicted octanol–water partition coefficient (Wildman–Crippen LogP) is 4.56. The molecule has 0 bridgehead atoms. The lowest BCUT2D eigenvalue weighted by molar-refractivity contribution is -0.181. The molecule has 0 aliphatic carbocycles. The first-order chi connectivity index (χ1) is 15.5. The number of carbonyl (C=O) groups is 3. The number of ether oxygens (including phenoxy) is 3. The van der Waals surface area contributed by atoms with Gasteiger partial charge in [0.2, 0.25) is 5.91 Å². The van der Waals surface area contributed by atoms with Crippen LogP contribution in [0.4, 0.5) is 8.78 Å². The number of nitrogens with one attached hydrogen (secondary N) is 1. The number of amides is 1. The molecule has 0 aliphatic heterocycles. The SMILES string of the molecule is CCCCCCC(F)(F)Oc1ccc(CCC(COC(C)=O)(COC(C)=O)NC(C)=O)cc1. The molecular formula is C24H35F2NO6. The zero-order valence-electron chi connectivity index (χ0n) is 19.9. The van der Waals surface area contributed by atoms with Crippen molar-refractivity contribution in [3.63, 3.8) is 0 Å². The van der Waals surface area contributed by atoms with E-state index in [1.807, 2.05) is 6.92 Å². The lowest BCUT2D eigenvalue weighted by atomic mass is 9.92. The fourth-order valence-corrected chi connectivity index (χ4v) is 3.26. The van der Waals surface area contributed by atoms with Crippen molar-refractivity contribution in [1.82, 2.24) is 5.32 Å². The first kappa shape index (κ1) is 28.3. The van der Waals surface area contributed by atoms with Crippen molar-refractivity contribution in [1.29, 1.82) is 0 Å². The van der Waals surface area contributed by atoms with Crippen molar-refractivity contribution in [2.45, 2.75) is 84.3 Å². The van der Waals surface area contributed by atoms with E-state index in [9.17, 15) is 23.2 Å². The predicted molar refractivity (Wildman–Crippen MR) is 119 cm³/mol. The summed E-state index contributed by atoms with van der Waals surface area (Å²) in [5, 5.41) is 2.73. The van der Waals surface area contributed by atoms with Crippen LogP contribution in [0, 0.1) is 0 Å². The summed E-state index contributed by atoms with van der Waals surface area (Å²) in [6.45, 7) is 5.45. The van der Waals surface area contributed by atoms with Gasteiger partial charge in [0.1, 0.15) is 24.5 Å². The van der Waals surface area contributed by atoms with Gasteiger partial charge in [-0.2, -0.15) is 8.78 Å². The van der Waals surface area contributed by atoms with E-state index in [0.717, 1.165) is 24.8 Å². The summed E-state index contributed by atoms with van der Waals surface area (Å²) in [6.07, 6.45) is 0.139. The number of alkyl halides is 2. The molecule has 1 N–H and O–H groups in total. The smallest absolute Gasteiger partial charge is 0.397 e. The highest BCUT2D eigenvalue weighted by Crippen LogP contribution is 2.27. The van der Waals surface area contributed by atoms with Crippen molar-refractivity contribution in [3.05, 3.63) is 29.8 Å². The third-order valence-corrected chi connectivity index (χ3v) is 4.95. The van der Waals surface area contributed by atoms with Crippen LogP contribution >= 0.6 is 0 Å². The van der Waals surface area contributed by atoms with Gasteiger partial charge in [0, 0.05) is 20.8 Å². The maximum absolute atomic E-state index is 14.0. The van der Waals surface area contributed by atoms with E-state index in [2.05, 4.69) is 5.32 Å². The quantitative estimate of drug-likeness (QED) is 0.298. The summed E-state index contributed by atoms with van der Waals surface area (Å²) in [7, 11) is 0. The molecule has 1 aromatic rings. The molecule has 0 fully saturated rings. The Morgan fingerprint density at radius 3 is 1.94 bits per heavy atom. The Morgan fingerprint density at radius 1 is 0.879 bits per heavy atom. The van der Waals surface area contributed by atoms with Crippen molar-refractivity contribution in [2.75, 3.05) is 13.2 Å². The monoisotopic (exact) mass is 471 g/mol. The van der Waals surface area contributed by atoms with E-state index in [0.29, 0.717) is 12.8 Å². The van der Waals surface area contributed by atoms with Gasteiger partial charge in [0.25, 0.3) is 0 Å². The van der Waals surface area contributed by atoms with Crippen molar-refractivity contribution in [3.8, 4) is 5.75 Å². The molecular weight excluding hydrogens is 436 g/mol. The first-order valence-corrected chi connectivity index (χ1v) is 11.2. The molecule has 0 atom stereocenters. The molecule has 0 radical (unpaired) electrons. The van der Waals surface area contributed by atoms with Gasteiger partial charge in [-0.3, -0.25) is 14.4 Å². The molecule has 0 spiro atoms. The number of halogens is 2. The van der Waals surface area contributed by atoms with Gasteiger partial charge in [-0.05, 0) is 37.0 Å². The van der Waals surface area contributed by atoms with E-state index in [1.54, 1.807) is 12.1 Å². The van der Waals surface area contributed by atoms with Crippen LogP contribution in [0.25, 0.3) is 0 Å². The topological polar surface area (TPSA) is 90.9 Å². The van der Waals surface area contributed by atoms with E-state index in [4.69, 9.17) is 14.2 Å². The maximum atomic E-state index is 14.0. The molecule has 1 rings (SSSR count). The molecule has 0 aromatic heterocycles. The number of benzene rings is 1. The highest BCUT2D eigenvalue weighted by molar-refractivity contribution is 5.74. The van der Waals surface area contributed by atoms with Gasteiger partial charge in [0.05, 0.1) is 6.42 Å². The molecule has 0 saturated carbocycles. The van der Waals surface area contributed by atoms with Crippen LogP contribution in [0.5, 0.6) is 5.75 Å². The van der Waals surface area contributed by atoms with E-state index >= 15 is 0 Å². The van der Waals surface area contributed by atoms with Crippen LogP contribution in [0.15, 0.2) is 24.3 Å². The molecule has 33 heavy (non-hydrogen) atoms. The highest BCUT2D eigenvalue weighted by Gasteiger charge is 2.34. The van der Waals surface area contributed by atoms with Crippen LogP contribution in [-0.4, -0.2) is 42.7 Å². The Labute approximate surface area is 194 Å². The molecule has 0 aliphatic rings. The lowest BCUT2D eigenvalue weighted by Crippen LogP contribution is -2.55. The van der Waals surface area contributed by atoms with Crippen LogP contribution in [-0.2, 0) is 30.3 Å². The van der Waals surface area contributed by atoms with Gasteiger partial charge in [-0.1, -0.05) is 38.3 Å². The van der Waals surface area contributed by atoms with Crippen LogP contribution in [0.3, 0.4) is 0 Å². The van der Waals surface area contributed by atoms with E-state index in [-0.39, 0.29) is 37.7 Å². The van der Waals surface area contributed by atoms with Gasteiger partial charge in [0.15, 0.2) is 0 Å².